The summed E-state index contributed by atoms with van der Waals surface area (Å²) in [5.74, 6) is -0.722. The van der Waals surface area contributed by atoms with Crippen LogP contribution in [0.3, 0.4) is 0 Å². The fourth-order valence-corrected chi connectivity index (χ4v) is 3.10. The van der Waals surface area contributed by atoms with Gasteiger partial charge in [0.25, 0.3) is 0 Å². The first-order valence-corrected chi connectivity index (χ1v) is 7.74. The highest BCUT2D eigenvalue weighted by atomic mass is 16.5. The minimum absolute atomic E-state index is 0.0473. The Balaban J connectivity index is 2.00. The van der Waals surface area contributed by atoms with Gasteiger partial charge in [0.15, 0.2) is 5.60 Å². The van der Waals surface area contributed by atoms with Crippen molar-refractivity contribution in [1.29, 1.82) is 0 Å². The van der Waals surface area contributed by atoms with Crippen LogP contribution < -0.4 is 4.74 Å². The number of aryl methyl sites for hydroxylation is 1. The molecule has 2 N–H and O–H groups in total. The summed E-state index contributed by atoms with van der Waals surface area (Å²) < 4.78 is 5.92. The predicted molar refractivity (Wildman–Crippen MR) is 87.5 cm³/mol. The van der Waals surface area contributed by atoms with E-state index in [2.05, 4.69) is 0 Å². The Labute approximate surface area is 139 Å². The van der Waals surface area contributed by atoms with Gasteiger partial charge in [0, 0.05) is 30.9 Å². The molecule has 1 unspecified atom stereocenters. The van der Waals surface area contributed by atoms with Gasteiger partial charge in [0.05, 0.1) is 0 Å². The summed E-state index contributed by atoms with van der Waals surface area (Å²) in [4.78, 5) is 24.2. The molecular weight excluding hydrogens is 308 g/mol. The minimum Gasteiger partial charge on any atom is -0.508 e. The summed E-state index contributed by atoms with van der Waals surface area (Å²) in [5.41, 5.74) is 0.889. The molecule has 0 bridgehead atoms. The number of carboxylic acid groups (broad SMARTS) is 1. The van der Waals surface area contributed by atoms with Gasteiger partial charge in [-0.1, -0.05) is 30.3 Å². The van der Waals surface area contributed by atoms with Gasteiger partial charge in [-0.15, -0.1) is 0 Å². The van der Waals surface area contributed by atoms with E-state index in [1.165, 1.54) is 12.1 Å². The molecule has 5 nitrogen and oxygen atoms in total. The number of carboxylic acids is 1. The molecule has 2 aromatic carbocycles. The zero-order valence-electron chi connectivity index (χ0n) is 13.3. The summed E-state index contributed by atoms with van der Waals surface area (Å²) in [6, 6.07) is 11.9. The highest BCUT2D eigenvalue weighted by molar-refractivity contribution is 6.04. The molecule has 0 saturated carbocycles. The molecule has 124 valence electrons. The van der Waals surface area contributed by atoms with Crippen LogP contribution in [0.4, 0.5) is 0 Å². The van der Waals surface area contributed by atoms with E-state index in [1.54, 1.807) is 18.2 Å². The van der Waals surface area contributed by atoms with Crippen LogP contribution >= 0.6 is 0 Å². The first-order valence-electron chi connectivity index (χ1n) is 7.74. The molecule has 0 saturated heterocycles. The number of phenols is 1. The topological polar surface area (TPSA) is 83.8 Å². The number of hydrogen-bond acceptors (Lipinski definition) is 4. The normalized spacial score (nSPS) is 18.7. The van der Waals surface area contributed by atoms with Crippen molar-refractivity contribution in [2.75, 3.05) is 0 Å². The number of aliphatic carboxylic acids is 1. The number of carbonyl (C=O) groups is 2. The lowest BCUT2D eigenvalue weighted by molar-refractivity contribution is -0.137. The lowest BCUT2D eigenvalue weighted by Crippen LogP contribution is -2.44. The van der Waals surface area contributed by atoms with E-state index in [0.717, 1.165) is 11.1 Å². The van der Waals surface area contributed by atoms with E-state index >= 15 is 0 Å². The quantitative estimate of drug-likeness (QED) is 0.825. The Kier molecular flexibility index (Phi) is 4.01. The number of rotatable bonds is 5. The first kappa shape index (κ1) is 16.1. The van der Waals surface area contributed by atoms with Crippen LogP contribution in [-0.2, 0) is 11.2 Å². The first-order chi connectivity index (χ1) is 11.4. The second-order valence-electron chi connectivity index (χ2n) is 6.10. The van der Waals surface area contributed by atoms with Crippen molar-refractivity contribution in [3.05, 3.63) is 59.2 Å². The Hall–Kier alpha value is -2.82. The molecule has 5 heteroatoms. The van der Waals surface area contributed by atoms with E-state index < -0.39 is 11.6 Å². The molecule has 1 aliphatic heterocycles. The molecule has 1 heterocycles. The smallest absolute Gasteiger partial charge is 0.303 e. The monoisotopic (exact) mass is 326 g/mol. The van der Waals surface area contributed by atoms with Crippen molar-refractivity contribution in [3.8, 4) is 11.5 Å². The standard InChI is InChI=1S/C19H18O5/c1-12-4-2-3-5-15(12)18(23)19(9-8-17(21)22)11-13-6-7-14(20)10-16(13)24-19/h2-7,10,20H,8-9,11H2,1H3,(H,21,22). The molecule has 0 amide bonds. The zero-order valence-corrected chi connectivity index (χ0v) is 13.3. The van der Waals surface area contributed by atoms with Crippen LogP contribution in [0.15, 0.2) is 42.5 Å². The summed E-state index contributed by atoms with van der Waals surface area (Å²) >= 11 is 0. The van der Waals surface area contributed by atoms with E-state index in [1.807, 2.05) is 19.1 Å². The van der Waals surface area contributed by atoms with Crippen LogP contribution in [0.5, 0.6) is 11.5 Å². The Morgan fingerprint density at radius 1 is 1.21 bits per heavy atom. The van der Waals surface area contributed by atoms with Crippen LogP contribution in [0, 0.1) is 6.92 Å². The molecule has 3 rings (SSSR count). The van der Waals surface area contributed by atoms with Crippen molar-refractivity contribution < 1.29 is 24.5 Å². The summed E-state index contributed by atoms with van der Waals surface area (Å²) in [6.45, 7) is 1.84. The van der Waals surface area contributed by atoms with Crippen LogP contribution in [0.2, 0.25) is 0 Å². The van der Waals surface area contributed by atoms with Gasteiger partial charge in [-0.25, -0.2) is 0 Å². The molecule has 0 spiro atoms. The fourth-order valence-electron chi connectivity index (χ4n) is 3.10. The molecular formula is C19H18O5. The number of benzene rings is 2. The largest absolute Gasteiger partial charge is 0.508 e. The number of phenolic OH excluding ortho intramolecular Hbond substituents is 1. The molecule has 0 fully saturated rings. The lowest BCUT2D eigenvalue weighted by atomic mass is 9.83. The molecule has 24 heavy (non-hydrogen) atoms. The number of ether oxygens (including phenoxy) is 1. The molecule has 0 radical (unpaired) electrons. The molecule has 0 aromatic heterocycles. The highest BCUT2D eigenvalue weighted by Gasteiger charge is 2.46. The minimum atomic E-state index is -1.25. The summed E-state index contributed by atoms with van der Waals surface area (Å²) in [5, 5.41) is 18.7. The maximum atomic E-state index is 13.2. The van der Waals surface area contributed by atoms with Gasteiger partial charge >= 0.3 is 5.97 Å². The Morgan fingerprint density at radius 2 is 1.96 bits per heavy atom. The maximum Gasteiger partial charge on any atom is 0.303 e. The third-order valence-electron chi connectivity index (χ3n) is 4.38. The van der Waals surface area contributed by atoms with E-state index in [0.29, 0.717) is 17.7 Å². The van der Waals surface area contributed by atoms with Gasteiger partial charge in [-0.3, -0.25) is 9.59 Å². The zero-order chi connectivity index (χ0) is 17.3. The van der Waals surface area contributed by atoms with Gasteiger partial charge in [-0.05, 0) is 24.1 Å². The van der Waals surface area contributed by atoms with Gasteiger partial charge < -0.3 is 14.9 Å². The number of carbonyl (C=O) groups excluding carboxylic acids is 1. The number of aromatic hydroxyl groups is 1. The second-order valence-corrected chi connectivity index (χ2v) is 6.10. The van der Waals surface area contributed by atoms with Crippen molar-refractivity contribution in [3.63, 3.8) is 0 Å². The second kappa shape index (κ2) is 6.00. The van der Waals surface area contributed by atoms with Crippen LogP contribution in [0.1, 0.15) is 34.3 Å². The number of fused-ring (bicyclic) bond motifs is 1. The summed E-state index contributed by atoms with van der Waals surface area (Å²) in [7, 11) is 0. The van der Waals surface area contributed by atoms with E-state index in [4.69, 9.17) is 9.84 Å². The third kappa shape index (κ3) is 2.85. The highest BCUT2D eigenvalue weighted by Crippen LogP contribution is 2.41. The average Bonchev–Trinajstić information content (AvgIpc) is 2.92. The van der Waals surface area contributed by atoms with Crippen LogP contribution in [0.25, 0.3) is 0 Å². The van der Waals surface area contributed by atoms with E-state index in [9.17, 15) is 14.7 Å². The van der Waals surface area contributed by atoms with Crippen molar-refractivity contribution >= 4 is 11.8 Å². The van der Waals surface area contributed by atoms with Crippen molar-refractivity contribution in [2.24, 2.45) is 0 Å². The molecule has 1 atom stereocenters. The number of hydrogen-bond donors (Lipinski definition) is 2. The SMILES string of the molecule is Cc1ccccc1C(=O)C1(CCC(=O)O)Cc2ccc(O)cc2O1. The van der Waals surface area contributed by atoms with E-state index in [-0.39, 0.29) is 24.4 Å². The van der Waals surface area contributed by atoms with Crippen LogP contribution in [-0.4, -0.2) is 27.6 Å². The van der Waals surface area contributed by atoms with Crippen molar-refractivity contribution in [1.82, 2.24) is 0 Å². The Morgan fingerprint density at radius 3 is 2.67 bits per heavy atom. The van der Waals surface area contributed by atoms with Gasteiger partial charge in [-0.2, -0.15) is 0 Å². The maximum absolute atomic E-state index is 13.2. The lowest BCUT2D eigenvalue weighted by Gasteiger charge is -2.27. The van der Waals surface area contributed by atoms with Gasteiger partial charge in [0.2, 0.25) is 5.78 Å². The Bertz CT molecular complexity index is 811. The molecule has 2 aromatic rings. The van der Waals surface area contributed by atoms with Gasteiger partial charge in [0.1, 0.15) is 11.5 Å². The fraction of sp³-hybridized carbons (Fsp3) is 0.263. The van der Waals surface area contributed by atoms with Crippen molar-refractivity contribution in [2.45, 2.75) is 31.8 Å². The predicted octanol–water partition coefficient (Wildman–Crippen LogP) is 3.12. The molecule has 1 aliphatic rings. The summed E-state index contributed by atoms with van der Waals surface area (Å²) in [6.07, 6.45) is 0.200. The molecule has 0 aliphatic carbocycles. The number of Topliss-reactive ketones (excluding diaryl/α,β-unsaturated/α-hetero) is 1. The average molecular weight is 326 g/mol. The third-order valence-corrected chi connectivity index (χ3v) is 4.38. The number of ketones is 1.